The number of hydrogen-bond donors (Lipinski definition) is 2. The van der Waals surface area contributed by atoms with Gasteiger partial charge in [-0.2, -0.15) is 0 Å². The zero-order valence-electron chi connectivity index (χ0n) is 15.3. The second-order valence-electron chi connectivity index (χ2n) is 6.99. The average molecular weight is 387 g/mol. The quantitative estimate of drug-likeness (QED) is 0.767. The number of rotatable bonds is 7. The predicted molar refractivity (Wildman–Crippen MR) is 106 cm³/mol. The first-order valence-corrected chi connectivity index (χ1v) is 10.9. The minimum Gasteiger partial charge on any atom is -0.353 e. The highest BCUT2D eigenvalue weighted by atomic mass is 32.2. The summed E-state index contributed by atoms with van der Waals surface area (Å²) in [6.45, 7) is 0.0996. The molecule has 1 aliphatic carbocycles. The molecule has 3 rings (SSSR count). The first-order chi connectivity index (χ1) is 13.0. The van der Waals surface area contributed by atoms with E-state index >= 15 is 0 Å². The molecule has 5 nitrogen and oxygen atoms in total. The number of amides is 1. The van der Waals surface area contributed by atoms with E-state index in [4.69, 9.17) is 0 Å². The van der Waals surface area contributed by atoms with Crippen LogP contribution < -0.4 is 10.0 Å². The minimum atomic E-state index is -3.56. The molecular formula is C21H26N2O3S. The number of nitrogens with one attached hydrogen (secondary N) is 2. The van der Waals surface area contributed by atoms with Gasteiger partial charge in [-0.1, -0.05) is 48.5 Å². The molecule has 0 aromatic heterocycles. The molecule has 0 bridgehead atoms. The third-order valence-corrected chi connectivity index (χ3v) is 6.54. The maximum atomic E-state index is 12.1. The van der Waals surface area contributed by atoms with Crippen LogP contribution in [0.3, 0.4) is 0 Å². The molecule has 0 radical (unpaired) electrons. The number of benzene rings is 2. The van der Waals surface area contributed by atoms with E-state index in [1.165, 1.54) is 17.7 Å². The van der Waals surface area contributed by atoms with Crippen LogP contribution in [0.4, 0.5) is 0 Å². The molecule has 27 heavy (non-hydrogen) atoms. The van der Waals surface area contributed by atoms with E-state index in [1.807, 2.05) is 6.07 Å². The zero-order chi connectivity index (χ0) is 19.1. The van der Waals surface area contributed by atoms with E-state index in [0.717, 1.165) is 25.7 Å². The summed E-state index contributed by atoms with van der Waals surface area (Å²) in [7, 11) is -3.56. The fourth-order valence-corrected chi connectivity index (χ4v) is 4.63. The summed E-state index contributed by atoms with van der Waals surface area (Å²) in [5.74, 6) is 0.464. The molecular weight excluding hydrogens is 360 g/mol. The fraction of sp³-hybridized carbons (Fsp3) is 0.381. The molecule has 1 saturated carbocycles. The molecule has 0 saturated heterocycles. The molecule has 0 aliphatic heterocycles. The average Bonchev–Trinajstić information content (AvgIpc) is 2.70. The van der Waals surface area contributed by atoms with Crippen LogP contribution in [0.2, 0.25) is 0 Å². The Bertz CT molecular complexity index is 830. The van der Waals surface area contributed by atoms with Crippen molar-refractivity contribution >= 4 is 15.9 Å². The van der Waals surface area contributed by atoms with E-state index in [0.29, 0.717) is 5.92 Å². The Morgan fingerprint density at radius 2 is 1.48 bits per heavy atom. The van der Waals surface area contributed by atoms with Gasteiger partial charge in [0, 0.05) is 19.0 Å². The van der Waals surface area contributed by atoms with Crippen molar-refractivity contribution in [1.82, 2.24) is 10.0 Å². The van der Waals surface area contributed by atoms with Gasteiger partial charge in [0.1, 0.15) is 0 Å². The second-order valence-corrected chi connectivity index (χ2v) is 8.75. The van der Waals surface area contributed by atoms with Crippen LogP contribution in [-0.2, 0) is 14.8 Å². The second kappa shape index (κ2) is 9.15. The lowest BCUT2D eigenvalue weighted by Gasteiger charge is -2.29. The SMILES string of the molecule is O=C(CCNS(=O)(=O)c1ccccc1)NC1CCC(c2ccccc2)CC1. The van der Waals surface area contributed by atoms with Crippen molar-refractivity contribution in [2.24, 2.45) is 0 Å². The Labute approximate surface area is 161 Å². The molecule has 1 aliphatic rings. The van der Waals surface area contributed by atoms with Crippen molar-refractivity contribution in [1.29, 1.82) is 0 Å². The molecule has 6 heteroatoms. The van der Waals surface area contributed by atoms with Crippen molar-refractivity contribution in [3.8, 4) is 0 Å². The Kier molecular flexibility index (Phi) is 6.63. The van der Waals surface area contributed by atoms with Gasteiger partial charge in [-0.3, -0.25) is 4.79 Å². The van der Waals surface area contributed by atoms with Gasteiger partial charge in [-0.25, -0.2) is 13.1 Å². The van der Waals surface area contributed by atoms with Crippen molar-refractivity contribution in [2.45, 2.75) is 49.0 Å². The lowest BCUT2D eigenvalue weighted by atomic mass is 9.82. The lowest BCUT2D eigenvalue weighted by Crippen LogP contribution is -2.39. The number of hydrogen-bond acceptors (Lipinski definition) is 3. The third-order valence-electron chi connectivity index (χ3n) is 5.06. The molecule has 2 aromatic carbocycles. The summed E-state index contributed by atoms with van der Waals surface area (Å²) >= 11 is 0. The number of carbonyl (C=O) groups is 1. The van der Waals surface area contributed by atoms with E-state index in [-0.39, 0.29) is 29.8 Å². The maximum absolute atomic E-state index is 12.1. The van der Waals surface area contributed by atoms with Crippen LogP contribution in [0.1, 0.15) is 43.6 Å². The Balaban J connectivity index is 1.39. The number of sulfonamides is 1. The Morgan fingerprint density at radius 3 is 2.11 bits per heavy atom. The molecule has 0 unspecified atom stereocenters. The van der Waals surface area contributed by atoms with Gasteiger partial charge >= 0.3 is 0 Å². The van der Waals surface area contributed by atoms with E-state index in [9.17, 15) is 13.2 Å². The summed E-state index contributed by atoms with van der Waals surface area (Å²) in [6, 6.07) is 18.9. The van der Waals surface area contributed by atoms with E-state index < -0.39 is 10.0 Å². The summed E-state index contributed by atoms with van der Waals surface area (Å²) in [6.07, 6.45) is 4.19. The summed E-state index contributed by atoms with van der Waals surface area (Å²) < 4.78 is 26.7. The summed E-state index contributed by atoms with van der Waals surface area (Å²) in [5, 5.41) is 3.04. The monoisotopic (exact) mass is 386 g/mol. The molecule has 144 valence electrons. The lowest BCUT2D eigenvalue weighted by molar-refractivity contribution is -0.121. The van der Waals surface area contributed by atoms with Crippen LogP contribution in [0, 0.1) is 0 Å². The standard InChI is InChI=1S/C21H26N2O3S/c24-21(15-16-22-27(25,26)20-9-5-2-6-10-20)23-19-13-11-18(12-14-19)17-7-3-1-4-8-17/h1-10,18-19,22H,11-16H2,(H,23,24). The topological polar surface area (TPSA) is 75.3 Å². The first kappa shape index (κ1) is 19.6. The van der Waals surface area contributed by atoms with Crippen LogP contribution in [0.15, 0.2) is 65.6 Å². The van der Waals surface area contributed by atoms with Crippen LogP contribution >= 0.6 is 0 Å². The third kappa shape index (κ3) is 5.65. The van der Waals surface area contributed by atoms with Gasteiger partial charge in [0.05, 0.1) is 4.90 Å². The van der Waals surface area contributed by atoms with Crippen molar-refractivity contribution in [2.75, 3.05) is 6.54 Å². The van der Waals surface area contributed by atoms with E-state index in [2.05, 4.69) is 34.3 Å². The molecule has 2 aromatic rings. The maximum Gasteiger partial charge on any atom is 0.240 e. The van der Waals surface area contributed by atoms with E-state index in [1.54, 1.807) is 18.2 Å². The molecule has 0 heterocycles. The van der Waals surface area contributed by atoms with Gasteiger partial charge < -0.3 is 5.32 Å². The van der Waals surface area contributed by atoms with Crippen molar-refractivity contribution < 1.29 is 13.2 Å². The Hall–Kier alpha value is -2.18. The largest absolute Gasteiger partial charge is 0.353 e. The highest BCUT2D eigenvalue weighted by molar-refractivity contribution is 7.89. The summed E-state index contributed by atoms with van der Waals surface area (Å²) in [4.78, 5) is 12.4. The van der Waals surface area contributed by atoms with Gasteiger partial charge in [0.15, 0.2) is 0 Å². The van der Waals surface area contributed by atoms with Crippen LogP contribution in [0.5, 0.6) is 0 Å². The van der Waals surface area contributed by atoms with Gasteiger partial charge in [-0.05, 0) is 49.3 Å². The highest BCUT2D eigenvalue weighted by Gasteiger charge is 2.23. The molecule has 2 N–H and O–H groups in total. The van der Waals surface area contributed by atoms with Gasteiger partial charge in [0.2, 0.25) is 15.9 Å². The summed E-state index contributed by atoms with van der Waals surface area (Å²) in [5.41, 5.74) is 1.37. The van der Waals surface area contributed by atoms with Crippen LogP contribution in [-0.4, -0.2) is 26.9 Å². The minimum absolute atomic E-state index is 0.0996. The van der Waals surface area contributed by atoms with Gasteiger partial charge in [0.25, 0.3) is 0 Å². The normalized spacial score (nSPS) is 20.1. The first-order valence-electron chi connectivity index (χ1n) is 9.43. The Morgan fingerprint density at radius 1 is 0.889 bits per heavy atom. The fourth-order valence-electron chi connectivity index (χ4n) is 3.58. The van der Waals surface area contributed by atoms with Crippen molar-refractivity contribution in [3.63, 3.8) is 0 Å². The number of carbonyl (C=O) groups excluding carboxylic acids is 1. The molecule has 0 atom stereocenters. The van der Waals surface area contributed by atoms with Gasteiger partial charge in [-0.15, -0.1) is 0 Å². The molecule has 0 spiro atoms. The molecule has 1 amide bonds. The zero-order valence-corrected chi connectivity index (χ0v) is 16.1. The van der Waals surface area contributed by atoms with Crippen molar-refractivity contribution in [3.05, 3.63) is 66.2 Å². The predicted octanol–water partition coefficient (Wildman–Crippen LogP) is 3.20. The highest BCUT2D eigenvalue weighted by Crippen LogP contribution is 2.32. The smallest absolute Gasteiger partial charge is 0.240 e. The van der Waals surface area contributed by atoms with Crippen LogP contribution in [0.25, 0.3) is 0 Å². The molecule has 1 fully saturated rings.